The Morgan fingerprint density at radius 1 is 1.21 bits per heavy atom. The number of aliphatic imine (C=N–C) groups is 1. The molecule has 1 heterocycles. The summed E-state index contributed by atoms with van der Waals surface area (Å²) in [5.41, 5.74) is 0. The summed E-state index contributed by atoms with van der Waals surface area (Å²) < 4.78 is 10.9. The van der Waals surface area contributed by atoms with Gasteiger partial charge in [-0.25, -0.2) is 0 Å². The lowest BCUT2D eigenvalue weighted by atomic mass is 9.93. The third-order valence-corrected chi connectivity index (χ3v) is 4.89. The maximum Gasteiger partial charge on any atom is 0.220 e. The van der Waals surface area contributed by atoms with Crippen LogP contribution in [0.2, 0.25) is 0 Å². The van der Waals surface area contributed by atoms with Crippen molar-refractivity contribution in [2.45, 2.75) is 32.6 Å². The molecule has 28 heavy (non-hydrogen) atoms. The minimum atomic E-state index is 0.135. The Morgan fingerprint density at radius 2 is 1.89 bits per heavy atom. The summed E-state index contributed by atoms with van der Waals surface area (Å²) in [6.45, 7) is 6.16. The van der Waals surface area contributed by atoms with Gasteiger partial charge in [0.1, 0.15) is 11.5 Å². The molecule has 1 aromatic rings. The van der Waals surface area contributed by atoms with E-state index in [0.29, 0.717) is 18.9 Å². The van der Waals surface area contributed by atoms with Crippen LogP contribution in [-0.2, 0) is 4.79 Å². The van der Waals surface area contributed by atoms with E-state index < -0.39 is 0 Å². The molecule has 2 rings (SSSR count). The van der Waals surface area contributed by atoms with E-state index in [-0.39, 0.29) is 5.91 Å². The standard InChI is InChI=1S/C21H34N4O3/c1-4-23-21(25-13-10-17(11-14-25)16-20(26)22-2)24-12-5-15-28-19-8-6-18(27-3)7-9-19/h6-9,17H,4-5,10-16H2,1-3H3,(H,22,26)(H,23,24). The Labute approximate surface area is 168 Å². The van der Waals surface area contributed by atoms with Crippen LogP contribution in [0, 0.1) is 5.92 Å². The van der Waals surface area contributed by atoms with Crippen molar-refractivity contribution in [1.82, 2.24) is 15.5 Å². The van der Waals surface area contributed by atoms with Crippen LogP contribution in [0.3, 0.4) is 0 Å². The van der Waals surface area contributed by atoms with Crippen LogP contribution < -0.4 is 20.1 Å². The minimum Gasteiger partial charge on any atom is -0.497 e. The molecule has 0 saturated carbocycles. The molecule has 2 N–H and O–H groups in total. The zero-order valence-corrected chi connectivity index (χ0v) is 17.4. The number of rotatable bonds is 9. The number of carbonyl (C=O) groups is 1. The molecule has 0 bridgehead atoms. The van der Waals surface area contributed by atoms with Gasteiger partial charge in [0.25, 0.3) is 0 Å². The third-order valence-electron chi connectivity index (χ3n) is 4.89. The highest BCUT2D eigenvalue weighted by Gasteiger charge is 2.22. The number of ether oxygens (including phenoxy) is 2. The van der Waals surface area contributed by atoms with Gasteiger partial charge in [-0.05, 0) is 49.9 Å². The van der Waals surface area contributed by atoms with E-state index >= 15 is 0 Å². The highest BCUT2D eigenvalue weighted by Crippen LogP contribution is 2.20. The Hall–Kier alpha value is -2.44. The average Bonchev–Trinajstić information content (AvgIpc) is 2.73. The van der Waals surface area contributed by atoms with Gasteiger partial charge in [-0.15, -0.1) is 0 Å². The molecule has 0 aromatic heterocycles. The summed E-state index contributed by atoms with van der Waals surface area (Å²) in [6.07, 6.45) is 3.53. The molecule has 1 saturated heterocycles. The molecule has 0 atom stereocenters. The number of nitrogens with one attached hydrogen (secondary N) is 2. The van der Waals surface area contributed by atoms with Crippen molar-refractivity contribution in [3.05, 3.63) is 24.3 Å². The normalized spacial score (nSPS) is 15.2. The van der Waals surface area contributed by atoms with Gasteiger partial charge in [-0.2, -0.15) is 0 Å². The zero-order valence-electron chi connectivity index (χ0n) is 17.4. The van der Waals surface area contributed by atoms with Gasteiger partial charge < -0.3 is 25.0 Å². The lowest BCUT2D eigenvalue weighted by Gasteiger charge is -2.34. The monoisotopic (exact) mass is 390 g/mol. The van der Waals surface area contributed by atoms with Crippen molar-refractivity contribution in [3.63, 3.8) is 0 Å². The van der Waals surface area contributed by atoms with Crippen LogP contribution in [0.25, 0.3) is 0 Å². The highest BCUT2D eigenvalue weighted by molar-refractivity contribution is 5.80. The fourth-order valence-corrected chi connectivity index (χ4v) is 3.25. The molecular formula is C21H34N4O3. The van der Waals surface area contributed by atoms with E-state index in [1.54, 1.807) is 14.2 Å². The lowest BCUT2D eigenvalue weighted by Crippen LogP contribution is -2.46. The predicted octanol–water partition coefficient (Wildman–Crippen LogP) is 2.28. The fourth-order valence-electron chi connectivity index (χ4n) is 3.25. The first kappa shape index (κ1) is 21.9. The van der Waals surface area contributed by atoms with Gasteiger partial charge in [0.15, 0.2) is 5.96 Å². The fraction of sp³-hybridized carbons (Fsp3) is 0.619. The smallest absolute Gasteiger partial charge is 0.220 e. The van der Waals surface area contributed by atoms with E-state index in [2.05, 4.69) is 22.5 Å². The first-order valence-electron chi connectivity index (χ1n) is 10.2. The molecule has 156 valence electrons. The SMILES string of the molecule is CCNC(=NCCCOc1ccc(OC)cc1)N1CCC(CC(=O)NC)CC1. The number of methoxy groups -OCH3 is 1. The van der Waals surface area contributed by atoms with E-state index in [4.69, 9.17) is 14.5 Å². The molecule has 1 fully saturated rings. The second-order valence-corrected chi connectivity index (χ2v) is 6.92. The van der Waals surface area contributed by atoms with Crippen LogP contribution in [0.5, 0.6) is 11.5 Å². The summed E-state index contributed by atoms with van der Waals surface area (Å²) >= 11 is 0. The van der Waals surface area contributed by atoms with E-state index in [9.17, 15) is 4.79 Å². The quantitative estimate of drug-likeness (QED) is 0.384. The number of hydrogen-bond donors (Lipinski definition) is 2. The van der Waals surface area contributed by atoms with E-state index in [0.717, 1.165) is 62.9 Å². The maximum absolute atomic E-state index is 11.6. The van der Waals surface area contributed by atoms with E-state index in [1.807, 2.05) is 24.3 Å². The Kier molecular flexibility index (Phi) is 9.45. The van der Waals surface area contributed by atoms with Gasteiger partial charge >= 0.3 is 0 Å². The summed E-state index contributed by atoms with van der Waals surface area (Å²) in [4.78, 5) is 18.6. The molecular weight excluding hydrogens is 356 g/mol. The second kappa shape index (κ2) is 12.1. The van der Waals surface area contributed by atoms with Crippen molar-refractivity contribution < 1.29 is 14.3 Å². The van der Waals surface area contributed by atoms with Gasteiger partial charge in [0.05, 0.1) is 13.7 Å². The minimum absolute atomic E-state index is 0.135. The number of carbonyl (C=O) groups excluding carboxylic acids is 1. The third kappa shape index (κ3) is 7.29. The molecule has 0 aliphatic carbocycles. The van der Waals surface area contributed by atoms with Crippen molar-refractivity contribution >= 4 is 11.9 Å². The lowest BCUT2D eigenvalue weighted by molar-refractivity contribution is -0.121. The molecule has 1 aromatic carbocycles. The number of likely N-dealkylation sites (tertiary alicyclic amines) is 1. The van der Waals surface area contributed by atoms with Crippen molar-refractivity contribution in [2.75, 3.05) is 46.9 Å². The highest BCUT2D eigenvalue weighted by atomic mass is 16.5. The topological polar surface area (TPSA) is 75.2 Å². The molecule has 7 heteroatoms. The first-order chi connectivity index (χ1) is 13.7. The Bertz CT molecular complexity index is 611. The number of piperidine rings is 1. The molecule has 1 amide bonds. The molecule has 0 radical (unpaired) electrons. The summed E-state index contributed by atoms with van der Waals surface area (Å²) in [5, 5.41) is 6.10. The summed E-state index contributed by atoms with van der Waals surface area (Å²) in [5.74, 6) is 3.24. The van der Waals surface area contributed by atoms with Crippen LogP contribution in [0.15, 0.2) is 29.3 Å². The predicted molar refractivity (Wildman–Crippen MR) is 112 cm³/mol. The molecule has 1 aliphatic rings. The Balaban J connectivity index is 1.73. The van der Waals surface area contributed by atoms with Crippen LogP contribution in [0.1, 0.15) is 32.6 Å². The van der Waals surface area contributed by atoms with Crippen molar-refractivity contribution in [2.24, 2.45) is 10.9 Å². The van der Waals surface area contributed by atoms with E-state index in [1.165, 1.54) is 0 Å². The molecule has 1 aliphatic heterocycles. The van der Waals surface area contributed by atoms with Crippen LogP contribution >= 0.6 is 0 Å². The van der Waals surface area contributed by atoms with Gasteiger partial charge in [-0.3, -0.25) is 9.79 Å². The maximum atomic E-state index is 11.6. The average molecular weight is 391 g/mol. The summed E-state index contributed by atoms with van der Waals surface area (Å²) in [6, 6.07) is 7.61. The number of guanidine groups is 1. The first-order valence-corrected chi connectivity index (χ1v) is 10.2. The van der Waals surface area contributed by atoms with Gasteiger partial charge in [0.2, 0.25) is 5.91 Å². The molecule has 0 unspecified atom stereocenters. The van der Waals surface area contributed by atoms with Crippen molar-refractivity contribution in [1.29, 1.82) is 0 Å². The largest absolute Gasteiger partial charge is 0.497 e. The van der Waals surface area contributed by atoms with Crippen LogP contribution in [-0.4, -0.2) is 63.7 Å². The molecule has 0 spiro atoms. The summed E-state index contributed by atoms with van der Waals surface area (Å²) in [7, 11) is 3.35. The van der Waals surface area contributed by atoms with Gasteiger partial charge in [-0.1, -0.05) is 0 Å². The number of amides is 1. The second-order valence-electron chi connectivity index (χ2n) is 6.92. The number of hydrogen-bond acceptors (Lipinski definition) is 4. The zero-order chi connectivity index (χ0) is 20.2. The van der Waals surface area contributed by atoms with Crippen molar-refractivity contribution in [3.8, 4) is 11.5 Å². The number of benzene rings is 1. The van der Waals surface area contributed by atoms with Gasteiger partial charge in [0, 0.05) is 46.1 Å². The Morgan fingerprint density at radius 3 is 2.50 bits per heavy atom. The molecule has 7 nitrogen and oxygen atoms in total. The van der Waals surface area contributed by atoms with Crippen LogP contribution in [0.4, 0.5) is 0 Å². The number of nitrogens with zero attached hydrogens (tertiary/aromatic N) is 2.